The van der Waals surface area contributed by atoms with Crippen molar-refractivity contribution >= 4 is 0 Å². The first-order valence-electron chi connectivity index (χ1n) is 3.97. The van der Waals surface area contributed by atoms with Gasteiger partial charge in [-0.2, -0.15) is 0 Å². The van der Waals surface area contributed by atoms with E-state index in [-0.39, 0.29) is 0 Å². The molecule has 0 aromatic carbocycles. The van der Waals surface area contributed by atoms with Crippen LogP contribution in [-0.2, 0) is 10.3 Å². The highest BCUT2D eigenvalue weighted by Crippen LogP contribution is 2.25. The average Bonchev–Trinajstić information content (AvgIpc) is 2.57. The van der Waals surface area contributed by atoms with E-state index in [2.05, 4.69) is 0 Å². The third-order valence-corrected chi connectivity index (χ3v) is 2.03. The zero-order chi connectivity index (χ0) is 9.03. The van der Waals surface area contributed by atoms with Crippen LogP contribution >= 0.6 is 0 Å². The molecule has 68 valence electrons. The largest absolute Gasteiger partial charge is 0.472 e. The molecule has 1 N–H and O–H groups in total. The molecule has 0 saturated carbocycles. The summed E-state index contributed by atoms with van der Waals surface area (Å²) >= 11 is 0. The first kappa shape index (κ1) is 9.29. The van der Waals surface area contributed by atoms with Crippen LogP contribution in [-0.4, -0.2) is 18.8 Å². The number of methoxy groups -OCH3 is 1. The summed E-state index contributed by atoms with van der Waals surface area (Å²) in [5.41, 5.74) is -0.131. The van der Waals surface area contributed by atoms with Gasteiger partial charge < -0.3 is 14.3 Å². The SMILES string of the molecule is CCC(O)(COC)c1ccoc1. The molecule has 3 heteroatoms. The molecule has 0 bridgehead atoms. The minimum absolute atomic E-state index is 0.295. The van der Waals surface area contributed by atoms with E-state index >= 15 is 0 Å². The molecule has 1 rings (SSSR count). The second-order valence-electron chi connectivity index (χ2n) is 2.83. The number of hydrogen-bond acceptors (Lipinski definition) is 3. The first-order valence-corrected chi connectivity index (χ1v) is 3.97. The summed E-state index contributed by atoms with van der Waals surface area (Å²) < 4.78 is 9.82. The van der Waals surface area contributed by atoms with Crippen LogP contribution in [0, 0.1) is 0 Å². The Labute approximate surface area is 72.0 Å². The van der Waals surface area contributed by atoms with Crippen molar-refractivity contribution in [1.82, 2.24) is 0 Å². The van der Waals surface area contributed by atoms with E-state index in [0.717, 1.165) is 5.56 Å². The molecular weight excluding hydrogens is 156 g/mol. The van der Waals surface area contributed by atoms with Gasteiger partial charge in [0.25, 0.3) is 0 Å². The normalized spacial score (nSPS) is 15.9. The molecule has 1 heterocycles. The number of furan rings is 1. The van der Waals surface area contributed by atoms with Crippen molar-refractivity contribution in [3.8, 4) is 0 Å². The molecule has 1 atom stereocenters. The number of aliphatic hydroxyl groups is 1. The van der Waals surface area contributed by atoms with E-state index in [0.29, 0.717) is 13.0 Å². The Morgan fingerprint density at radius 3 is 2.83 bits per heavy atom. The fourth-order valence-corrected chi connectivity index (χ4v) is 1.16. The van der Waals surface area contributed by atoms with Gasteiger partial charge in [-0.25, -0.2) is 0 Å². The molecule has 1 aromatic rings. The lowest BCUT2D eigenvalue weighted by molar-refractivity contribution is -0.0389. The molecule has 0 spiro atoms. The van der Waals surface area contributed by atoms with Gasteiger partial charge in [0.1, 0.15) is 5.60 Å². The minimum Gasteiger partial charge on any atom is -0.472 e. The molecule has 0 aliphatic carbocycles. The smallest absolute Gasteiger partial charge is 0.116 e. The predicted octanol–water partition coefficient (Wildman–Crippen LogP) is 1.52. The minimum atomic E-state index is -0.901. The van der Waals surface area contributed by atoms with E-state index in [1.54, 1.807) is 25.7 Å². The second kappa shape index (κ2) is 3.74. The monoisotopic (exact) mass is 170 g/mol. The quantitative estimate of drug-likeness (QED) is 0.745. The van der Waals surface area contributed by atoms with Crippen molar-refractivity contribution in [3.63, 3.8) is 0 Å². The Balaban J connectivity index is 2.80. The van der Waals surface area contributed by atoms with Gasteiger partial charge in [0.2, 0.25) is 0 Å². The molecule has 0 fully saturated rings. The molecule has 0 amide bonds. The molecule has 0 aliphatic heterocycles. The van der Waals surface area contributed by atoms with Crippen molar-refractivity contribution in [2.45, 2.75) is 18.9 Å². The van der Waals surface area contributed by atoms with E-state index in [1.807, 2.05) is 6.92 Å². The van der Waals surface area contributed by atoms with E-state index in [9.17, 15) is 5.11 Å². The summed E-state index contributed by atoms with van der Waals surface area (Å²) in [6.07, 6.45) is 3.70. The van der Waals surface area contributed by atoms with Gasteiger partial charge in [-0.1, -0.05) is 6.92 Å². The topological polar surface area (TPSA) is 42.6 Å². The van der Waals surface area contributed by atoms with Crippen LogP contribution in [0.3, 0.4) is 0 Å². The predicted molar refractivity (Wildman–Crippen MR) is 44.8 cm³/mol. The lowest BCUT2D eigenvalue weighted by atomic mass is 9.95. The maximum Gasteiger partial charge on any atom is 0.116 e. The average molecular weight is 170 g/mol. The lowest BCUT2D eigenvalue weighted by Gasteiger charge is -2.24. The summed E-state index contributed by atoms with van der Waals surface area (Å²) in [4.78, 5) is 0. The van der Waals surface area contributed by atoms with Crippen molar-refractivity contribution in [2.24, 2.45) is 0 Å². The van der Waals surface area contributed by atoms with Gasteiger partial charge in [0.15, 0.2) is 0 Å². The molecule has 0 saturated heterocycles. The zero-order valence-electron chi connectivity index (χ0n) is 7.41. The zero-order valence-corrected chi connectivity index (χ0v) is 7.41. The van der Waals surface area contributed by atoms with Gasteiger partial charge in [0.05, 0.1) is 19.1 Å². The maximum atomic E-state index is 10.00. The summed E-state index contributed by atoms with van der Waals surface area (Å²) in [6, 6.07) is 1.75. The van der Waals surface area contributed by atoms with Gasteiger partial charge in [-0.05, 0) is 12.5 Å². The highest BCUT2D eigenvalue weighted by atomic mass is 16.5. The molecule has 3 nitrogen and oxygen atoms in total. The third kappa shape index (κ3) is 1.68. The van der Waals surface area contributed by atoms with Gasteiger partial charge in [-0.15, -0.1) is 0 Å². The van der Waals surface area contributed by atoms with Gasteiger partial charge >= 0.3 is 0 Å². The molecule has 1 unspecified atom stereocenters. The van der Waals surface area contributed by atoms with Crippen LogP contribution in [0.1, 0.15) is 18.9 Å². The van der Waals surface area contributed by atoms with Gasteiger partial charge in [-0.3, -0.25) is 0 Å². The van der Waals surface area contributed by atoms with E-state index in [4.69, 9.17) is 9.15 Å². The molecule has 12 heavy (non-hydrogen) atoms. The Morgan fingerprint density at radius 2 is 2.42 bits per heavy atom. The van der Waals surface area contributed by atoms with Crippen molar-refractivity contribution < 1.29 is 14.3 Å². The fraction of sp³-hybridized carbons (Fsp3) is 0.556. The molecular formula is C9H14O3. The van der Waals surface area contributed by atoms with E-state index in [1.165, 1.54) is 0 Å². The van der Waals surface area contributed by atoms with Crippen LogP contribution in [0.25, 0.3) is 0 Å². The summed E-state index contributed by atoms with van der Waals surface area (Å²) in [6.45, 7) is 2.20. The molecule has 0 radical (unpaired) electrons. The van der Waals surface area contributed by atoms with Crippen LogP contribution in [0.2, 0.25) is 0 Å². The highest BCUT2D eigenvalue weighted by molar-refractivity contribution is 5.15. The first-order chi connectivity index (χ1) is 5.73. The second-order valence-corrected chi connectivity index (χ2v) is 2.83. The maximum absolute atomic E-state index is 10.00. The summed E-state index contributed by atoms with van der Waals surface area (Å²) in [5, 5.41) is 10.00. The van der Waals surface area contributed by atoms with Gasteiger partial charge in [0, 0.05) is 12.7 Å². The number of rotatable bonds is 4. The summed E-state index contributed by atoms with van der Waals surface area (Å²) in [7, 11) is 1.57. The Kier molecular flexibility index (Phi) is 2.89. The van der Waals surface area contributed by atoms with E-state index < -0.39 is 5.60 Å². The number of ether oxygens (including phenoxy) is 1. The molecule has 0 aliphatic rings. The summed E-state index contributed by atoms with van der Waals surface area (Å²) in [5.74, 6) is 0. The van der Waals surface area contributed by atoms with Crippen molar-refractivity contribution in [3.05, 3.63) is 24.2 Å². The van der Waals surface area contributed by atoms with Crippen LogP contribution in [0.15, 0.2) is 23.0 Å². The number of hydrogen-bond donors (Lipinski definition) is 1. The third-order valence-electron chi connectivity index (χ3n) is 2.03. The standard InChI is InChI=1S/C9H14O3/c1-3-9(10,7-11-2)8-4-5-12-6-8/h4-6,10H,3,7H2,1-2H3. The van der Waals surface area contributed by atoms with Crippen molar-refractivity contribution in [1.29, 1.82) is 0 Å². The van der Waals surface area contributed by atoms with Crippen molar-refractivity contribution in [2.75, 3.05) is 13.7 Å². The van der Waals surface area contributed by atoms with Crippen LogP contribution in [0.5, 0.6) is 0 Å². The fourth-order valence-electron chi connectivity index (χ4n) is 1.16. The highest BCUT2D eigenvalue weighted by Gasteiger charge is 2.27. The van der Waals surface area contributed by atoms with Crippen LogP contribution in [0.4, 0.5) is 0 Å². The molecule has 1 aromatic heterocycles. The lowest BCUT2D eigenvalue weighted by Crippen LogP contribution is -2.29. The Bertz CT molecular complexity index is 218. The Hall–Kier alpha value is -0.800. The van der Waals surface area contributed by atoms with Crippen LogP contribution < -0.4 is 0 Å². The Morgan fingerprint density at radius 1 is 1.67 bits per heavy atom.